The number of nitrogens with zero attached hydrogens (tertiary/aromatic N) is 1. The predicted octanol–water partition coefficient (Wildman–Crippen LogP) is -0.260. The topological polar surface area (TPSA) is 334 Å². The molecule has 0 aromatic heterocycles. The van der Waals surface area contributed by atoms with Crippen molar-refractivity contribution in [3.05, 3.63) is 29.8 Å². The number of hydrogen-bond acceptors (Lipinski definition) is 12. The van der Waals surface area contributed by atoms with E-state index in [9.17, 15) is 43.8 Å². The molecular weight excluding hydrogens is 754 g/mol. The van der Waals surface area contributed by atoms with Crippen molar-refractivity contribution in [3.63, 3.8) is 0 Å². The third kappa shape index (κ3) is 18.8. The van der Waals surface area contributed by atoms with E-state index in [1.54, 1.807) is 26.0 Å². The molecule has 1 aliphatic rings. The van der Waals surface area contributed by atoms with Crippen molar-refractivity contribution in [2.45, 2.75) is 140 Å². The zero-order chi connectivity index (χ0) is 43.2. The van der Waals surface area contributed by atoms with Gasteiger partial charge in [0.1, 0.15) is 36.4 Å². The number of unbranched alkanes of at least 4 members (excludes halogenated alkanes) is 1. The molecule has 0 aliphatic heterocycles. The van der Waals surface area contributed by atoms with Crippen LogP contribution in [-0.4, -0.2) is 107 Å². The molecule has 4 amide bonds. The third-order valence-electron chi connectivity index (χ3n) is 9.66. The van der Waals surface area contributed by atoms with E-state index in [4.69, 9.17) is 27.7 Å². The molecule has 0 saturated heterocycles. The number of nitrogens with two attached hydrogens (primary N) is 4. The van der Waals surface area contributed by atoms with Gasteiger partial charge in [0, 0.05) is 13.0 Å². The number of amides is 4. The standard InChI is InChI=1S/C39H63N9O10/c1-23(2)34(38(57)47-30(21-24-13-15-25(49)16-14-24)31(50)22-33(53)58-26-9-4-3-5-10-26)48-37(56)29(17-18-32(51)52)46-36(55)28(12-6-7-19-40)45-35(54)27(41)11-8-20-44-39(42)43/h13-16,23,26-30,34,49H,3-12,17-22,40-41H2,1-2H3,(H,45,54)(H,46,55)(H,47,57)(H,48,56)(H,51,52)(H4,42,43,44)/t27-,28-,29-,30-,34-/m0/s1. The van der Waals surface area contributed by atoms with E-state index >= 15 is 0 Å². The van der Waals surface area contributed by atoms with Crippen LogP contribution in [-0.2, 0) is 44.7 Å². The minimum absolute atomic E-state index is 0.0114. The van der Waals surface area contributed by atoms with E-state index in [0.717, 1.165) is 19.3 Å². The van der Waals surface area contributed by atoms with Gasteiger partial charge in [-0.1, -0.05) is 32.4 Å². The Labute approximate surface area is 339 Å². The Morgan fingerprint density at radius 3 is 2.00 bits per heavy atom. The maximum Gasteiger partial charge on any atom is 0.313 e. The first-order valence-corrected chi connectivity index (χ1v) is 19.9. The van der Waals surface area contributed by atoms with E-state index < -0.39 is 90.3 Å². The van der Waals surface area contributed by atoms with Crippen molar-refractivity contribution in [2.75, 3.05) is 13.1 Å². The number of benzene rings is 1. The average molecular weight is 818 g/mol. The smallest absolute Gasteiger partial charge is 0.313 e. The number of rotatable bonds is 26. The molecule has 0 unspecified atom stereocenters. The number of carboxylic acids is 1. The van der Waals surface area contributed by atoms with Crippen LogP contribution in [0.2, 0.25) is 0 Å². The maximum atomic E-state index is 13.9. The number of aliphatic imine (C=N–C) groups is 1. The zero-order valence-corrected chi connectivity index (χ0v) is 33.6. The Morgan fingerprint density at radius 1 is 0.793 bits per heavy atom. The van der Waals surface area contributed by atoms with E-state index in [1.807, 2.05) is 0 Å². The number of ketones is 1. The summed E-state index contributed by atoms with van der Waals surface area (Å²) in [6.07, 6.45) is 4.14. The number of aromatic hydroxyl groups is 1. The number of ether oxygens (including phenoxy) is 1. The molecule has 324 valence electrons. The van der Waals surface area contributed by atoms with Crippen molar-refractivity contribution in [1.82, 2.24) is 21.3 Å². The summed E-state index contributed by atoms with van der Waals surface area (Å²) < 4.78 is 5.54. The molecule has 1 fully saturated rings. The lowest BCUT2D eigenvalue weighted by atomic mass is 9.97. The van der Waals surface area contributed by atoms with Gasteiger partial charge in [-0.15, -0.1) is 0 Å². The van der Waals surface area contributed by atoms with E-state index in [-0.39, 0.29) is 50.0 Å². The predicted molar refractivity (Wildman–Crippen MR) is 215 cm³/mol. The highest BCUT2D eigenvalue weighted by molar-refractivity contribution is 6.01. The molecule has 0 bridgehead atoms. The fourth-order valence-electron chi connectivity index (χ4n) is 6.34. The molecule has 2 rings (SSSR count). The maximum absolute atomic E-state index is 13.9. The second kappa shape index (κ2) is 25.9. The number of carboxylic acid groups (broad SMARTS) is 1. The minimum Gasteiger partial charge on any atom is -0.508 e. The zero-order valence-electron chi connectivity index (χ0n) is 33.6. The molecule has 14 N–H and O–H groups in total. The van der Waals surface area contributed by atoms with Crippen molar-refractivity contribution in [3.8, 4) is 5.75 Å². The highest BCUT2D eigenvalue weighted by atomic mass is 16.5. The normalized spacial score (nSPS) is 15.5. The number of carbonyl (C=O) groups is 7. The fourth-order valence-corrected chi connectivity index (χ4v) is 6.34. The molecule has 0 heterocycles. The van der Waals surface area contributed by atoms with Crippen LogP contribution >= 0.6 is 0 Å². The monoisotopic (exact) mass is 817 g/mol. The first-order valence-electron chi connectivity index (χ1n) is 19.9. The van der Waals surface area contributed by atoms with Crippen LogP contribution < -0.4 is 44.2 Å². The van der Waals surface area contributed by atoms with Gasteiger partial charge in [0.25, 0.3) is 0 Å². The van der Waals surface area contributed by atoms with Crippen LogP contribution in [0.5, 0.6) is 5.75 Å². The van der Waals surface area contributed by atoms with Gasteiger partial charge < -0.3 is 59.2 Å². The van der Waals surface area contributed by atoms with Crippen LogP contribution in [0.3, 0.4) is 0 Å². The van der Waals surface area contributed by atoms with Gasteiger partial charge in [-0.3, -0.25) is 38.6 Å². The number of carbonyl (C=O) groups excluding carboxylic acids is 6. The Kier molecular flexibility index (Phi) is 21.8. The number of aliphatic carboxylic acids is 1. The summed E-state index contributed by atoms with van der Waals surface area (Å²) in [7, 11) is 0. The first-order chi connectivity index (χ1) is 27.5. The number of Topliss-reactive ketones (excluding diaryl/α,β-unsaturated/α-hetero) is 1. The molecule has 0 radical (unpaired) electrons. The summed E-state index contributed by atoms with van der Waals surface area (Å²) in [6, 6.07) is -0.181. The van der Waals surface area contributed by atoms with Crippen molar-refractivity contribution < 1.29 is 48.5 Å². The van der Waals surface area contributed by atoms with E-state index in [1.165, 1.54) is 12.1 Å². The summed E-state index contributed by atoms with van der Waals surface area (Å²) in [5.41, 5.74) is 22.9. The summed E-state index contributed by atoms with van der Waals surface area (Å²) in [5.74, 6) is -6.36. The van der Waals surface area contributed by atoms with Gasteiger partial charge >= 0.3 is 11.9 Å². The first kappa shape index (κ1) is 48.8. The van der Waals surface area contributed by atoms with Gasteiger partial charge in [0.15, 0.2) is 11.7 Å². The van der Waals surface area contributed by atoms with Crippen LogP contribution in [0, 0.1) is 5.92 Å². The van der Waals surface area contributed by atoms with Gasteiger partial charge in [-0.25, -0.2) is 0 Å². The number of phenols is 1. The molecule has 1 aliphatic carbocycles. The third-order valence-corrected chi connectivity index (χ3v) is 9.66. The van der Waals surface area contributed by atoms with Gasteiger partial charge in [0.2, 0.25) is 23.6 Å². The van der Waals surface area contributed by atoms with Crippen molar-refractivity contribution >= 4 is 47.3 Å². The van der Waals surface area contributed by atoms with Crippen LogP contribution in [0.25, 0.3) is 0 Å². The van der Waals surface area contributed by atoms with Crippen LogP contribution in [0.1, 0.15) is 103 Å². The number of hydrogen-bond donors (Lipinski definition) is 10. The van der Waals surface area contributed by atoms with Gasteiger partial charge in [-0.2, -0.15) is 0 Å². The number of guanidine groups is 1. The molecule has 19 nitrogen and oxygen atoms in total. The van der Waals surface area contributed by atoms with Crippen molar-refractivity contribution in [2.24, 2.45) is 33.8 Å². The number of esters is 1. The van der Waals surface area contributed by atoms with Crippen molar-refractivity contribution in [1.29, 1.82) is 0 Å². The lowest BCUT2D eigenvalue weighted by Crippen LogP contribution is -2.59. The molecule has 1 aromatic rings. The van der Waals surface area contributed by atoms with Gasteiger partial charge in [0.05, 0.1) is 12.1 Å². The van der Waals surface area contributed by atoms with E-state index in [0.29, 0.717) is 44.2 Å². The van der Waals surface area contributed by atoms with Crippen LogP contribution in [0.4, 0.5) is 0 Å². The molecule has 0 spiro atoms. The van der Waals surface area contributed by atoms with Crippen LogP contribution in [0.15, 0.2) is 29.3 Å². The fraction of sp³-hybridized carbons (Fsp3) is 0.641. The second-order valence-corrected chi connectivity index (χ2v) is 14.9. The largest absolute Gasteiger partial charge is 0.508 e. The summed E-state index contributed by atoms with van der Waals surface area (Å²) >= 11 is 0. The quantitative estimate of drug-likeness (QED) is 0.0189. The second-order valence-electron chi connectivity index (χ2n) is 14.9. The number of nitrogens with one attached hydrogen (secondary N) is 4. The molecule has 19 heteroatoms. The Balaban J connectivity index is 2.25. The molecule has 58 heavy (non-hydrogen) atoms. The molecule has 5 atom stereocenters. The summed E-state index contributed by atoms with van der Waals surface area (Å²) in [6.45, 7) is 3.83. The molecule has 1 aromatic carbocycles. The SMILES string of the molecule is CC(C)[C@H](NC(=O)[C@H](CCC(=O)O)NC(=O)[C@H](CCCCN)NC(=O)[C@@H](N)CCCN=C(N)N)C(=O)N[C@@H](Cc1ccc(O)cc1)C(=O)CC(=O)OC1CCCCC1. The summed E-state index contributed by atoms with van der Waals surface area (Å²) in [4.78, 5) is 96.0. The Morgan fingerprint density at radius 2 is 1.40 bits per heavy atom. The lowest BCUT2D eigenvalue weighted by molar-refractivity contribution is -0.153. The highest BCUT2D eigenvalue weighted by Gasteiger charge is 2.34. The molecule has 1 saturated carbocycles. The highest BCUT2D eigenvalue weighted by Crippen LogP contribution is 2.21. The lowest BCUT2D eigenvalue weighted by Gasteiger charge is -2.28. The Bertz CT molecular complexity index is 1550. The molecular formula is C39H63N9O10. The van der Waals surface area contributed by atoms with E-state index in [2.05, 4.69) is 26.3 Å². The average Bonchev–Trinajstić information content (AvgIpc) is 3.16. The van der Waals surface area contributed by atoms with Gasteiger partial charge in [-0.05, 0) is 101 Å². The minimum atomic E-state index is -1.45. The number of phenolic OH excluding ortho intramolecular Hbond substituents is 1. The Hall–Kier alpha value is -5.30. The summed E-state index contributed by atoms with van der Waals surface area (Å²) in [5, 5.41) is 29.6.